The minimum Gasteiger partial charge on any atom is -0.396 e. The number of hydrogen-bond acceptors (Lipinski definition) is 2. The van der Waals surface area contributed by atoms with Crippen LogP contribution in [0.4, 0.5) is 0 Å². The van der Waals surface area contributed by atoms with Crippen molar-refractivity contribution < 1.29 is 9.90 Å². The first-order valence-corrected chi connectivity index (χ1v) is 5.22. The van der Waals surface area contributed by atoms with Gasteiger partial charge >= 0.3 is 0 Å². The van der Waals surface area contributed by atoms with E-state index in [1.807, 2.05) is 4.90 Å². The molecule has 15 heavy (non-hydrogen) atoms. The Balaban J connectivity index is 0.000000980. The van der Waals surface area contributed by atoms with Crippen LogP contribution < -0.4 is 0 Å². The summed E-state index contributed by atoms with van der Waals surface area (Å²) in [6, 6.07) is 0. The number of aliphatic hydroxyl groups is 1. The monoisotopic (exact) mass is 251 g/mol. The van der Waals surface area contributed by atoms with Gasteiger partial charge in [0.15, 0.2) is 0 Å². The van der Waals surface area contributed by atoms with Gasteiger partial charge in [-0.1, -0.05) is 0 Å². The van der Waals surface area contributed by atoms with Gasteiger partial charge in [0.2, 0.25) is 5.91 Å². The summed E-state index contributed by atoms with van der Waals surface area (Å²) in [5, 5.41) is 8.98. The molecular weight excluding hydrogens is 230 g/mol. The van der Waals surface area contributed by atoms with Crippen LogP contribution in [0, 0.1) is 11.8 Å². The van der Waals surface area contributed by atoms with E-state index < -0.39 is 0 Å². The van der Waals surface area contributed by atoms with E-state index >= 15 is 0 Å². The Morgan fingerprint density at radius 1 is 1.20 bits per heavy atom. The molecule has 1 heterocycles. The normalized spacial score (nSPS) is 28.7. The van der Waals surface area contributed by atoms with Crippen molar-refractivity contribution in [3.8, 4) is 0 Å². The Morgan fingerprint density at radius 2 is 1.80 bits per heavy atom. The predicted octanol–water partition coefficient (Wildman–Crippen LogP) is 0.853. The summed E-state index contributed by atoms with van der Waals surface area (Å²) in [6.45, 7) is 2.06. The molecule has 1 N–H and O–H groups in total. The van der Waals surface area contributed by atoms with E-state index in [1.54, 1.807) is 0 Å². The fraction of sp³-hybridized carbons (Fsp3) is 0.900. The highest BCUT2D eigenvalue weighted by Crippen LogP contribution is 2.35. The standard InChI is InChI=1S/C10H17NO2.2H2S/c12-7-8-3-4-9(8)10(13)11-5-1-2-6-11;;/h8-9,12H,1-7H2;2*1H2/t8-,9+;;/m1../s1. The quantitative estimate of drug-likeness (QED) is 0.790. The number of aliphatic hydroxyl groups excluding tert-OH is 1. The van der Waals surface area contributed by atoms with E-state index in [4.69, 9.17) is 5.11 Å². The van der Waals surface area contributed by atoms with Crippen molar-refractivity contribution in [2.24, 2.45) is 11.8 Å². The van der Waals surface area contributed by atoms with Crippen LogP contribution in [0.25, 0.3) is 0 Å². The number of carbonyl (C=O) groups excluding carboxylic acids is 1. The Hall–Kier alpha value is 0.130. The molecule has 3 nitrogen and oxygen atoms in total. The molecule has 0 radical (unpaired) electrons. The van der Waals surface area contributed by atoms with Crippen molar-refractivity contribution in [3.05, 3.63) is 0 Å². The van der Waals surface area contributed by atoms with Crippen LogP contribution in [0.15, 0.2) is 0 Å². The molecule has 0 unspecified atom stereocenters. The van der Waals surface area contributed by atoms with E-state index in [-0.39, 0.29) is 45.4 Å². The molecule has 2 aliphatic rings. The fourth-order valence-electron chi connectivity index (χ4n) is 2.28. The van der Waals surface area contributed by atoms with Crippen LogP contribution in [-0.2, 0) is 4.79 Å². The summed E-state index contributed by atoms with van der Waals surface area (Å²) >= 11 is 0. The molecule has 1 amide bonds. The van der Waals surface area contributed by atoms with Crippen molar-refractivity contribution in [1.29, 1.82) is 0 Å². The zero-order valence-electron chi connectivity index (χ0n) is 8.91. The van der Waals surface area contributed by atoms with Crippen LogP contribution in [0.3, 0.4) is 0 Å². The lowest BCUT2D eigenvalue weighted by molar-refractivity contribution is -0.141. The summed E-state index contributed by atoms with van der Waals surface area (Å²) in [7, 11) is 0. The van der Waals surface area contributed by atoms with Crippen LogP contribution in [0.1, 0.15) is 25.7 Å². The topological polar surface area (TPSA) is 40.5 Å². The predicted molar refractivity (Wildman–Crippen MR) is 69.9 cm³/mol. The van der Waals surface area contributed by atoms with Gasteiger partial charge in [0, 0.05) is 25.6 Å². The maximum Gasteiger partial charge on any atom is 0.226 e. The molecular formula is C10H21NO2S2. The molecule has 2 atom stereocenters. The Bertz CT molecular complexity index is 206. The van der Waals surface area contributed by atoms with Gasteiger partial charge in [-0.2, -0.15) is 27.0 Å². The molecule has 2 rings (SSSR count). The zero-order valence-corrected chi connectivity index (χ0v) is 10.9. The molecule has 1 aliphatic carbocycles. The minimum absolute atomic E-state index is 0. The van der Waals surface area contributed by atoms with Crippen LogP contribution in [-0.4, -0.2) is 35.6 Å². The van der Waals surface area contributed by atoms with E-state index in [1.165, 1.54) is 0 Å². The van der Waals surface area contributed by atoms with E-state index in [2.05, 4.69) is 0 Å². The van der Waals surface area contributed by atoms with Gasteiger partial charge in [-0.3, -0.25) is 4.79 Å². The molecule has 0 aromatic heterocycles. The Kier molecular flexibility index (Phi) is 6.71. The second-order valence-corrected chi connectivity index (χ2v) is 4.16. The average molecular weight is 251 g/mol. The van der Waals surface area contributed by atoms with E-state index in [0.29, 0.717) is 5.91 Å². The average Bonchev–Trinajstić information content (AvgIpc) is 2.54. The van der Waals surface area contributed by atoms with Crippen molar-refractivity contribution >= 4 is 32.9 Å². The molecule has 0 spiro atoms. The van der Waals surface area contributed by atoms with Crippen molar-refractivity contribution in [1.82, 2.24) is 4.90 Å². The second kappa shape index (κ2) is 6.66. The number of hydrogen-bond donors (Lipinski definition) is 1. The highest BCUT2D eigenvalue weighted by atomic mass is 32.1. The maximum absolute atomic E-state index is 11.8. The molecule has 0 bridgehead atoms. The van der Waals surface area contributed by atoms with Crippen LogP contribution in [0.2, 0.25) is 0 Å². The molecule has 1 aliphatic heterocycles. The number of rotatable bonds is 2. The molecule has 2 fully saturated rings. The first kappa shape index (κ1) is 15.1. The van der Waals surface area contributed by atoms with Crippen LogP contribution >= 0.6 is 27.0 Å². The number of likely N-dealkylation sites (tertiary alicyclic amines) is 1. The molecule has 0 aromatic carbocycles. The van der Waals surface area contributed by atoms with Crippen LogP contribution in [0.5, 0.6) is 0 Å². The third kappa shape index (κ3) is 3.04. The van der Waals surface area contributed by atoms with Gasteiger partial charge in [-0.25, -0.2) is 0 Å². The molecule has 1 saturated heterocycles. The lowest BCUT2D eigenvalue weighted by Gasteiger charge is -2.36. The number of amides is 1. The van der Waals surface area contributed by atoms with Gasteiger partial charge < -0.3 is 10.0 Å². The van der Waals surface area contributed by atoms with Crippen molar-refractivity contribution in [2.45, 2.75) is 25.7 Å². The van der Waals surface area contributed by atoms with E-state index in [9.17, 15) is 4.79 Å². The minimum atomic E-state index is 0. The number of carbonyl (C=O) groups is 1. The summed E-state index contributed by atoms with van der Waals surface area (Å²) in [5.41, 5.74) is 0. The van der Waals surface area contributed by atoms with Crippen molar-refractivity contribution in [2.75, 3.05) is 19.7 Å². The third-order valence-electron chi connectivity index (χ3n) is 3.39. The van der Waals surface area contributed by atoms with E-state index in [0.717, 1.165) is 38.8 Å². The molecule has 5 heteroatoms. The smallest absolute Gasteiger partial charge is 0.226 e. The highest BCUT2D eigenvalue weighted by Gasteiger charge is 2.38. The number of nitrogens with zero attached hydrogens (tertiary/aromatic N) is 1. The summed E-state index contributed by atoms with van der Waals surface area (Å²) in [6.07, 6.45) is 4.33. The third-order valence-corrected chi connectivity index (χ3v) is 3.39. The summed E-state index contributed by atoms with van der Waals surface area (Å²) < 4.78 is 0. The fourth-order valence-corrected chi connectivity index (χ4v) is 2.28. The molecule has 90 valence electrons. The Labute approximate surface area is 105 Å². The van der Waals surface area contributed by atoms with Gasteiger partial charge in [0.1, 0.15) is 0 Å². The van der Waals surface area contributed by atoms with Gasteiger partial charge in [-0.15, -0.1) is 0 Å². The van der Waals surface area contributed by atoms with Gasteiger partial charge in [0.05, 0.1) is 0 Å². The Morgan fingerprint density at radius 3 is 2.20 bits per heavy atom. The maximum atomic E-state index is 11.8. The molecule has 0 aromatic rings. The van der Waals surface area contributed by atoms with Crippen molar-refractivity contribution in [3.63, 3.8) is 0 Å². The van der Waals surface area contributed by atoms with Gasteiger partial charge in [-0.05, 0) is 31.6 Å². The largest absolute Gasteiger partial charge is 0.396 e. The highest BCUT2D eigenvalue weighted by molar-refractivity contribution is 7.59. The molecule has 1 saturated carbocycles. The summed E-state index contributed by atoms with van der Waals surface area (Å²) in [5.74, 6) is 0.694. The second-order valence-electron chi connectivity index (χ2n) is 4.16. The first-order valence-electron chi connectivity index (χ1n) is 5.22. The SMILES string of the molecule is O=C([C@H]1CC[C@@H]1CO)N1CCCC1.S.S. The zero-order chi connectivity index (χ0) is 9.26. The lowest BCUT2D eigenvalue weighted by Crippen LogP contribution is -2.43. The summed E-state index contributed by atoms with van der Waals surface area (Å²) in [4.78, 5) is 13.8. The van der Waals surface area contributed by atoms with Gasteiger partial charge in [0.25, 0.3) is 0 Å². The lowest BCUT2D eigenvalue weighted by atomic mass is 9.73. The first-order chi connectivity index (χ1) is 6.33.